The SMILES string of the molecule is COc1cccc(O)c1C(N)=O.Cl. The molecule has 0 bridgehead atoms. The van der Waals surface area contributed by atoms with Crippen molar-refractivity contribution in [1.29, 1.82) is 0 Å². The Labute approximate surface area is 81.7 Å². The zero-order valence-corrected chi connectivity index (χ0v) is 7.80. The van der Waals surface area contributed by atoms with Crippen molar-refractivity contribution in [2.45, 2.75) is 0 Å². The van der Waals surface area contributed by atoms with Crippen molar-refractivity contribution < 1.29 is 14.6 Å². The zero-order valence-electron chi connectivity index (χ0n) is 6.98. The topological polar surface area (TPSA) is 72.6 Å². The van der Waals surface area contributed by atoms with Gasteiger partial charge in [0.2, 0.25) is 0 Å². The molecule has 0 fully saturated rings. The molecule has 0 aromatic heterocycles. The summed E-state index contributed by atoms with van der Waals surface area (Å²) in [6.45, 7) is 0. The van der Waals surface area contributed by atoms with Gasteiger partial charge in [0.15, 0.2) is 0 Å². The van der Waals surface area contributed by atoms with Crippen LogP contribution in [-0.4, -0.2) is 18.1 Å². The molecule has 0 atom stereocenters. The fraction of sp³-hybridized carbons (Fsp3) is 0.125. The Morgan fingerprint density at radius 2 is 2.15 bits per heavy atom. The van der Waals surface area contributed by atoms with Crippen LogP contribution >= 0.6 is 12.4 Å². The van der Waals surface area contributed by atoms with E-state index in [-0.39, 0.29) is 29.5 Å². The molecular formula is C8H10ClNO3. The second-order valence-corrected chi connectivity index (χ2v) is 2.22. The number of aromatic hydroxyl groups is 1. The number of hydrogen-bond donors (Lipinski definition) is 2. The number of amides is 1. The number of carbonyl (C=O) groups is 1. The van der Waals surface area contributed by atoms with E-state index < -0.39 is 5.91 Å². The molecule has 72 valence electrons. The van der Waals surface area contributed by atoms with Crippen LogP contribution in [-0.2, 0) is 0 Å². The third kappa shape index (κ3) is 2.26. The fourth-order valence-corrected chi connectivity index (χ4v) is 0.937. The van der Waals surface area contributed by atoms with Crippen LogP contribution in [0.5, 0.6) is 11.5 Å². The molecule has 13 heavy (non-hydrogen) atoms. The van der Waals surface area contributed by atoms with Crippen LogP contribution in [0.4, 0.5) is 0 Å². The van der Waals surface area contributed by atoms with E-state index in [1.165, 1.54) is 13.2 Å². The largest absolute Gasteiger partial charge is 0.507 e. The van der Waals surface area contributed by atoms with Crippen LogP contribution < -0.4 is 10.5 Å². The normalized spacial score (nSPS) is 8.69. The molecule has 0 aliphatic carbocycles. The lowest BCUT2D eigenvalue weighted by molar-refractivity contribution is 0.0994. The van der Waals surface area contributed by atoms with Crippen LogP contribution in [0.15, 0.2) is 18.2 Å². The first kappa shape index (κ1) is 11.6. The van der Waals surface area contributed by atoms with Gasteiger partial charge in [-0.15, -0.1) is 12.4 Å². The number of methoxy groups -OCH3 is 1. The number of ether oxygens (including phenoxy) is 1. The minimum Gasteiger partial charge on any atom is -0.507 e. The summed E-state index contributed by atoms with van der Waals surface area (Å²) in [5, 5.41) is 9.21. The molecule has 1 rings (SSSR count). The van der Waals surface area contributed by atoms with Crippen molar-refractivity contribution in [2.75, 3.05) is 7.11 Å². The van der Waals surface area contributed by atoms with Crippen molar-refractivity contribution in [2.24, 2.45) is 5.73 Å². The van der Waals surface area contributed by atoms with Crippen molar-refractivity contribution in [3.8, 4) is 11.5 Å². The lowest BCUT2D eigenvalue weighted by Crippen LogP contribution is -2.12. The van der Waals surface area contributed by atoms with E-state index in [2.05, 4.69) is 0 Å². The highest BCUT2D eigenvalue weighted by atomic mass is 35.5. The zero-order chi connectivity index (χ0) is 9.14. The summed E-state index contributed by atoms with van der Waals surface area (Å²) < 4.78 is 4.83. The third-order valence-electron chi connectivity index (χ3n) is 1.47. The van der Waals surface area contributed by atoms with Crippen molar-refractivity contribution in [3.63, 3.8) is 0 Å². The van der Waals surface area contributed by atoms with E-state index in [0.29, 0.717) is 0 Å². The van der Waals surface area contributed by atoms with E-state index in [4.69, 9.17) is 10.5 Å². The number of halogens is 1. The molecule has 1 aromatic rings. The predicted octanol–water partition coefficient (Wildman–Crippen LogP) is 0.921. The summed E-state index contributed by atoms with van der Waals surface area (Å²) in [4.78, 5) is 10.8. The number of nitrogens with two attached hydrogens (primary N) is 1. The predicted molar refractivity (Wildman–Crippen MR) is 50.4 cm³/mol. The maximum atomic E-state index is 10.8. The molecule has 5 heteroatoms. The number of carbonyl (C=O) groups excluding carboxylic acids is 1. The Kier molecular flexibility index (Phi) is 4.07. The van der Waals surface area contributed by atoms with Crippen LogP contribution in [0.25, 0.3) is 0 Å². The summed E-state index contributed by atoms with van der Waals surface area (Å²) >= 11 is 0. The van der Waals surface area contributed by atoms with Gasteiger partial charge in [-0.2, -0.15) is 0 Å². The van der Waals surface area contributed by atoms with Gasteiger partial charge in [-0.05, 0) is 12.1 Å². The molecule has 0 saturated carbocycles. The van der Waals surface area contributed by atoms with Gasteiger partial charge in [0.05, 0.1) is 7.11 Å². The number of rotatable bonds is 2. The molecule has 4 nitrogen and oxygen atoms in total. The highest BCUT2D eigenvalue weighted by Gasteiger charge is 2.12. The van der Waals surface area contributed by atoms with Gasteiger partial charge in [-0.25, -0.2) is 0 Å². The number of hydrogen-bond acceptors (Lipinski definition) is 3. The summed E-state index contributed by atoms with van der Waals surface area (Å²) in [5.41, 5.74) is 5.03. The Morgan fingerprint density at radius 3 is 2.54 bits per heavy atom. The van der Waals surface area contributed by atoms with Crippen molar-refractivity contribution >= 4 is 18.3 Å². The molecule has 0 heterocycles. The number of phenols is 1. The van der Waals surface area contributed by atoms with Crippen molar-refractivity contribution in [3.05, 3.63) is 23.8 Å². The fourth-order valence-electron chi connectivity index (χ4n) is 0.937. The molecule has 0 radical (unpaired) electrons. The second-order valence-electron chi connectivity index (χ2n) is 2.22. The molecular weight excluding hydrogens is 194 g/mol. The van der Waals surface area contributed by atoms with Crippen molar-refractivity contribution in [1.82, 2.24) is 0 Å². The van der Waals surface area contributed by atoms with E-state index >= 15 is 0 Å². The maximum Gasteiger partial charge on any atom is 0.256 e. The van der Waals surface area contributed by atoms with Crippen LogP contribution in [0.1, 0.15) is 10.4 Å². The van der Waals surface area contributed by atoms with E-state index in [9.17, 15) is 9.90 Å². The molecule has 0 saturated heterocycles. The lowest BCUT2D eigenvalue weighted by atomic mass is 10.1. The average Bonchev–Trinajstić information content (AvgIpc) is 2.03. The highest BCUT2D eigenvalue weighted by Crippen LogP contribution is 2.26. The molecule has 1 amide bonds. The molecule has 0 aliphatic rings. The first-order valence-electron chi connectivity index (χ1n) is 3.32. The summed E-state index contributed by atoms with van der Waals surface area (Å²) in [7, 11) is 1.40. The first-order chi connectivity index (χ1) is 5.66. The first-order valence-corrected chi connectivity index (χ1v) is 3.32. The monoisotopic (exact) mass is 203 g/mol. The minimum atomic E-state index is -0.704. The molecule has 0 spiro atoms. The lowest BCUT2D eigenvalue weighted by Gasteiger charge is -2.05. The Bertz CT molecular complexity index is 314. The Hall–Kier alpha value is -1.42. The van der Waals surface area contributed by atoms with E-state index in [1.807, 2.05) is 0 Å². The maximum absolute atomic E-state index is 10.8. The van der Waals surface area contributed by atoms with Crippen LogP contribution in [0.2, 0.25) is 0 Å². The quantitative estimate of drug-likeness (QED) is 0.751. The summed E-state index contributed by atoms with van der Waals surface area (Å²) in [6, 6.07) is 4.50. The number of benzene rings is 1. The molecule has 0 aliphatic heterocycles. The van der Waals surface area contributed by atoms with Gasteiger partial charge in [0.25, 0.3) is 5.91 Å². The Morgan fingerprint density at radius 1 is 1.54 bits per heavy atom. The van der Waals surface area contributed by atoms with Crippen LogP contribution in [0.3, 0.4) is 0 Å². The standard InChI is InChI=1S/C8H9NO3.ClH/c1-12-6-4-2-3-5(10)7(6)8(9)11;/h2-4,10H,1H3,(H2,9,11);1H. The smallest absolute Gasteiger partial charge is 0.256 e. The summed E-state index contributed by atoms with van der Waals surface area (Å²) in [5.74, 6) is -0.589. The Balaban J connectivity index is 0.00000144. The highest BCUT2D eigenvalue weighted by molar-refractivity contribution is 5.98. The molecule has 3 N–H and O–H groups in total. The van der Waals surface area contributed by atoms with E-state index in [0.717, 1.165) is 0 Å². The van der Waals surface area contributed by atoms with Gasteiger partial charge >= 0.3 is 0 Å². The van der Waals surface area contributed by atoms with Crippen LogP contribution in [0, 0.1) is 0 Å². The summed E-state index contributed by atoms with van der Waals surface area (Å²) in [6.07, 6.45) is 0. The molecule has 1 aromatic carbocycles. The molecule has 0 unspecified atom stereocenters. The van der Waals surface area contributed by atoms with Gasteiger partial charge in [0, 0.05) is 0 Å². The van der Waals surface area contributed by atoms with Gasteiger partial charge in [0.1, 0.15) is 17.1 Å². The average molecular weight is 204 g/mol. The number of primary amides is 1. The van der Waals surface area contributed by atoms with E-state index in [1.54, 1.807) is 12.1 Å². The van der Waals surface area contributed by atoms with Gasteiger partial charge in [-0.1, -0.05) is 6.07 Å². The third-order valence-corrected chi connectivity index (χ3v) is 1.47. The van der Waals surface area contributed by atoms with Gasteiger partial charge < -0.3 is 15.6 Å². The second kappa shape index (κ2) is 4.57. The minimum absolute atomic E-state index is 0. The van der Waals surface area contributed by atoms with Gasteiger partial charge in [-0.3, -0.25) is 4.79 Å².